The summed E-state index contributed by atoms with van der Waals surface area (Å²) in [7, 11) is 1.23. The van der Waals surface area contributed by atoms with Crippen molar-refractivity contribution in [3.63, 3.8) is 0 Å². The SMILES string of the molecule is COC(=O)NC(CBr)OC(C)=O. The van der Waals surface area contributed by atoms with Crippen molar-refractivity contribution >= 4 is 28.0 Å². The summed E-state index contributed by atoms with van der Waals surface area (Å²) in [5, 5.41) is 2.62. The van der Waals surface area contributed by atoms with Crippen LogP contribution in [-0.4, -0.2) is 30.7 Å². The van der Waals surface area contributed by atoms with Gasteiger partial charge in [0, 0.05) is 6.92 Å². The first-order valence-electron chi connectivity index (χ1n) is 3.17. The van der Waals surface area contributed by atoms with Crippen LogP contribution < -0.4 is 5.32 Å². The number of carbonyl (C=O) groups excluding carboxylic acids is 2. The van der Waals surface area contributed by atoms with Crippen LogP contribution in [0, 0.1) is 0 Å². The van der Waals surface area contributed by atoms with Crippen molar-refractivity contribution in [2.24, 2.45) is 0 Å². The molecule has 1 N–H and O–H groups in total. The van der Waals surface area contributed by atoms with E-state index in [1.54, 1.807) is 0 Å². The van der Waals surface area contributed by atoms with E-state index in [0.29, 0.717) is 5.33 Å². The van der Waals surface area contributed by atoms with Crippen LogP contribution in [-0.2, 0) is 14.3 Å². The maximum Gasteiger partial charge on any atom is 0.409 e. The number of amides is 1. The molecule has 0 aliphatic carbocycles. The molecule has 0 aromatic carbocycles. The quantitative estimate of drug-likeness (QED) is 0.446. The van der Waals surface area contributed by atoms with Gasteiger partial charge in [0.25, 0.3) is 0 Å². The van der Waals surface area contributed by atoms with Gasteiger partial charge in [-0.1, -0.05) is 15.9 Å². The van der Waals surface area contributed by atoms with E-state index in [1.807, 2.05) is 0 Å². The molecule has 1 atom stereocenters. The number of halogens is 1. The Morgan fingerprint density at radius 2 is 2.17 bits per heavy atom. The smallest absolute Gasteiger partial charge is 0.409 e. The molecule has 0 saturated heterocycles. The van der Waals surface area contributed by atoms with Crippen molar-refractivity contribution in [1.82, 2.24) is 5.32 Å². The summed E-state index contributed by atoms with van der Waals surface area (Å²) in [6, 6.07) is 0. The number of alkyl halides is 1. The molecule has 0 aromatic heterocycles. The maximum atomic E-state index is 10.6. The maximum absolute atomic E-state index is 10.6. The number of hydrogen-bond donors (Lipinski definition) is 1. The molecule has 5 nitrogen and oxygen atoms in total. The number of carbonyl (C=O) groups is 2. The minimum Gasteiger partial charge on any atom is -0.453 e. The Hall–Kier alpha value is -0.780. The second kappa shape index (κ2) is 5.82. The van der Waals surface area contributed by atoms with Gasteiger partial charge in [-0.05, 0) is 0 Å². The van der Waals surface area contributed by atoms with E-state index in [2.05, 4.69) is 30.7 Å². The van der Waals surface area contributed by atoms with Crippen LogP contribution in [0.3, 0.4) is 0 Å². The standard InChI is InChI=1S/C6H10BrNO4/c1-4(9)12-5(3-7)8-6(10)11-2/h5H,3H2,1-2H3,(H,8,10). The van der Waals surface area contributed by atoms with Gasteiger partial charge in [0.15, 0.2) is 6.23 Å². The Morgan fingerprint density at radius 3 is 2.50 bits per heavy atom. The lowest BCUT2D eigenvalue weighted by molar-refractivity contribution is -0.146. The average Bonchev–Trinajstić information content (AvgIpc) is 2.02. The number of alkyl carbamates (subject to hydrolysis) is 1. The molecule has 70 valence electrons. The van der Waals surface area contributed by atoms with Crippen molar-refractivity contribution in [2.45, 2.75) is 13.2 Å². The Balaban J connectivity index is 3.82. The van der Waals surface area contributed by atoms with Crippen LogP contribution >= 0.6 is 15.9 Å². The zero-order valence-corrected chi connectivity index (χ0v) is 8.38. The van der Waals surface area contributed by atoms with Crippen LogP contribution in [0.2, 0.25) is 0 Å². The lowest BCUT2D eigenvalue weighted by Crippen LogP contribution is -2.39. The third kappa shape index (κ3) is 4.95. The summed E-state index contributed by atoms with van der Waals surface area (Å²) < 4.78 is 8.98. The second-order valence-corrected chi connectivity index (χ2v) is 2.54. The fourth-order valence-electron chi connectivity index (χ4n) is 0.490. The molecule has 0 aromatic rings. The summed E-state index contributed by atoms with van der Waals surface area (Å²) >= 11 is 3.05. The van der Waals surface area contributed by atoms with Crippen molar-refractivity contribution in [2.75, 3.05) is 12.4 Å². The van der Waals surface area contributed by atoms with E-state index in [-0.39, 0.29) is 0 Å². The van der Waals surface area contributed by atoms with E-state index in [4.69, 9.17) is 0 Å². The normalized spacial score (nSPS) is 11.6. The first-order valence-corrected chi connectivity index (χ1v) is 4.30. The largest absolute Gasteiger partial charge is 0.453 e. The van der Waals surface area contributed by atoms with E-state index < -0.39 is 18.3 Å². The van der Waals surface area contributed by atoms with Crippen LogP contribution in [0.1, 0.15) is 6.92 Å². The fourth-order valence-corrected chi connectivity index (χ4v) is 0.784. The molecule has 6 heteroatoms. The summed E-state index contributed by atoms with van der Waals surface area (Å²) in [4.78, 5) is 21.1. The number of rotatable bonds is 3. The van der Waals surface area contributed by atoms with Gasteiger partial charge in [-0.2, -0.15) is 0 Å². The fraction of sp³-hybridized carbons (Fsp3) is 0.667. The van der Waals surface area contributed by atoms with Crippen molar-refractivity contribution < 1.29 is 19.1 Å². The highest BCUT2D eigenvalue weighted by molar-refractivity contribution is 9.09. The summed E-state index contributed by atoms with van der Waals surface area (Å²) in [6.07, 6.45) is -1.32. The lowest BCUT2D eigenvalue weighted by atomic mass is 10.6. The van der Waals surface area contributed by atoms with E-state index >= 15 is 0 Å². The first-order chi connectivity index (χ1) is 5.60. The van der Waals surface area contributed by atoms with Gasteiger partial charge in [-0.15, -0.1) is 0 Å². The number of methoxy groups -OCH3 is 1. The topological polar surface area (TPSA) is 64.6 Å². The van der Waals surface area contributed by atoms with E-state index in [1.165, 1.54) is 14.0 Å². The number of hydrogen-bond acceptors (Lipinski definition) is 4. The molecule has 0 saturated carbocycles. The van der Waals surface area contributed by atoms with Crippen LogP contribution in [0.15, 0.2) is 0 Å². The zero-order valence-electron chi connectivity index (χ0n) is 6.80. The van der Waals surface area contributed by atoms with Gasteiger partial charge in [0.05, 0.1) is 12.4 Å². The number of esters is 1. The predicted molar refractivity (Wildman–Crippen MR) is 44.9 cm³/mol. The number of ether oxygens (including phenoxy) is 2. The van der Waals surface area contributed by atoms with Gasteiger partial charge >= 0.3 is 12.1 Å². The molecular weight excluding hydrogens is 230 g/mol. The van der Waals surface area contributed by atoms with Gasteiger partial charge in [0.2, 0.25) is 0 Å². The number of nitrogens with one attached hydrogen (secondary N) is 1. The molecule has 12 heavy (non-hydrogen) atoms. The molecule has 0 radical (unpaired) electrons. The summed E-state index contributed by atoms with van der Waals surface area (Å²) in [5.41, 5.74) is 0. The third-order valence-corrected chi connectivity index (χ3v) is 1.50. The zero-order chi connectivity index (χ0) is 9.56. The Kier molecular flexibility index (Phi) is 5.44. The Morgan fingerprint density at radius 1 is 1.58 bits per heavy atom. The molecule has 0 aliphatic rings. The van der Waals surface area contributed by atoms with Gasteiger partial charge in [-0.3, -0.25) is 10.1 Å². The molecule has 0 aliphatic heterocycles. The molecule has 0 bridgehead atoms. The van der Waals surface area contributed by atoms with Crippen molar-refractivity contribution in [3.05, 3.63) is 0 Å². The van der Waals surface area contributed by atoms with Gasteiger partial charge < -0.3 is 9.47 Å². The Bertz CT molecular complexity index is 173. The molecule has 0 heterocycles. The highest BCUT2D eigenvalue weighted by Gasteiger charge is 2.12. The van der Waals surface area contributed by atoms with Gasteiger partial charge in [-0.25, -0.2) is 4.79 Å². The monoisotopic (exact) mass is 239 g/mol. The highest BCUT2D eigenvalue weighted by atomic mass is 79.9. The molecule has 0 fully saturated rings. The van der Waals surface area contributed by atoms with Crippen LogP contribution in [0.25, 0.3) is 0 Å². The summed E-state index contributed by atoms with van der Waals surface area (Å²) in [5.74, 6) is -0.462. The van der Waals surface area contributed by atoms with Crippen molar-refractivity contribution in [1.29, 1.82) is 0 Å². The third-order valence-electron chi connectivity index (χ3n) is 0.913. The molecule has 0 rings (SSSR count). The van der Waals surface area contributed by atoms with Gasteiger partial charge in [0.1, 0.15) is 0 Å². The molecular formula is C6H10BrNO4. The average molecular weight is 240 g/mol. The van der Waals surface area contributed by atoms with Crippen molar-refractivity contribution in [3.8, 4) is 0 Å². The molecule has 1 amide bonds. The minimum absolute atomic E-state index is 0.321. The van der Waals surface area contributed by atoms with Crippen LogP contribution in [0.4, 0.5) is 4.79 Å². The Labute approximate surface area is 78.5 Å². The summed E-state index contributed by atoms with van der Waals surface area (Å²) in [6.45, 7) is 1.26. The minimum atomic E-state index is -0.685. The molecule has 0 spiro atoms. The van der Waals surface area contributed by atoms with E-state index in [0.717, 1.165) is 0 Å². The van der Waals surface area contributed by atoms with E-state index in [9.17, 15) is 9.59 Å². The second-order valence-electron chi connectivity index (χ2n) is 1.89. The van der Waals surface area contributed by atoms with Crippen LogP contribution in [0.5, 0.6) is 0 Å². The first kappa shape index (κ1) is 11.2. The predicted octanol–water partition coefficient (Wildman–Crippen LogP) is 0.626. The highest BCUT2D eigenvalue weighted by Crippen LogP contribution is 1.94. The molecule has 1 unspecified atom stereocenters. The lowest BCUT2D eigenvalue weighted by Gasteiger charge is -2.14.